The molecule has 0 radical (unpaired) electrons. The zero-order chi connectivity index (χ0) is 10.8. The molecule has 14 heavy (non-hydrogen) atoms. The summed E-state index contributed by atoms with van der Waals surface area (Å²) in [6.07, 6.45) is 7.12. The lowest BCUT2D eigenvalue weighted by molar-refractivity contribution is -0.137. The molecule has 0 heterocycles. The Balaban J connectivity index is 3.67. The predicted octanol–water partition coefficient (Wildman–Crippen LogP) is 3.47. The molecule has 0 fully saturated rings. The average molecular weight is 198 g/mol. The summed E-state index contributed by atoms with van der Waals surface area (Å²) in [7, 11) is 0. The normalized spacial score (nSPS) is 11.5. The molecule has 0 aromatic rings. The minimum atomic E-state index is -0.194. The van der Waals surface area contributed by atoms with Crippen molar-refractivity contribution in [2.24, 2.45) is 0 Å². The Labute approximate surface area is 87.3 Å². The zero-order valence-electron chi connectivity index (χ0n) is 9.64. The van der Waals surface area contributed by atoms with Crippen LogP contribution < -0.4 is 0 Å². The fraction of sp³-hybridized carbons (Fsp3) is 0.750. The summed E-state index contributed by atoms with van der Waals surface area (Å²) in [6, 6.07) is 0. The van der Waals surface area contributed by atoms with Crippen LogP contribution in [0.25, 0.3) is 0 Å². The van der Waals surface area contributed by atoms with E-state index >= 15 is 0 Å². The highest BCUT2D eigenvalue weighted by molar-refractivity contribution is 5.82. The molecule has 0 unspecified atom stereocenters. The number of ether oxygens (including phenoxy) is 1. The number of allylic oxidation sites excluding steroid dienone is 1. The molecule has 2 heteroatoms. The van der Waals surface area contributed by atoms with Gasteiger partial charge in [-0.15, -0.1) is 0 Å². The van der Waals surface area contributed by atoms with Crippen LogP contribution in [0.2, 0.25) is 0 Å². The Morgan fingerprint density at radius 2 is 1.93 bits per heavy atom. The van der Waals surface area contributed by atoms with Gasteiger partial charge in [0.2, 0.25) is 0 Å². The summed E-state index contributed by atoms with van der Waals surface area (Å²) in [6.45, 7) is 6.68. The molecule has 0 aromatic carbocycles. The van der Waals surface area contributed by atoms with E-state index < -0.39 is 0 Å². The van der Waals surface area contributed by atoms with Gasteiger partial charge in [0, 0.05) is 6.08 Å². The lowest BCUT2D eigenvalue weighted by Crippen LogP contribution is -2.02. The van der Waals surface area contributed by atoms with E-state index in [1.165, 1.54) is 19.3 Å². The molecule has 0 aliphatic rings. The van der Waals surface area contributed by atoms with Gasteiger partial charge in [-0.3, -0.25) is 0 Å². The van der Waals surface area contributed by atoms with Crippen molar-refractivity contribution in [3.8, 4) is 0 Å². The molecular weight excluding hydrogens is 176 g/mol. The Kier molecular flexibility index (Phi) is 8.30. The highest BCUT2D eigenvalue weighted by Crippen LogP contribution is 2.08. The number of hydrogen-bond acceptors (Lipinski definition) is 2. The molecule has 0 spiro atoms. The molecule has 0 N–H and O–H groups in total. The summed E-state index contributed by atoms with van der Waals surface area (Å²) in [5.74, 6) is -0.194. The summed E-state index contributed by atoms with van der Waals surface area (Å²) >= 11 is 0. The van der Waals surface area contributed by atoms with E-state index in [9.17, 15) is 4.79 Å². The van der Waals surface area contributed by atoms with Gasteiger partial charge < -0.3 is 4.74 Å². The SMILES string of the molecule is CCCCCC(C)=CC(=O)OCCC. The highest BCUT2D eigenvalue weighted by atomic mass is 16.5. The monoisotopic (exact) mass is 198 g/mol. The Morgan fingerprint density at radius 1 is 1.21 bits per heavy atom. The first-order valence-corrected chi connectivity index (χ1v) is 5.54. The average Bonchev–Trinajstić information content (AvgIpc) is 2.15. The molecule has 82 valence electrons. The van der Waals surface area contributed by atoms with Gasteiger partial charge in [-0.25, -0.2) is 4.79 Å². The largest absolute Gasteiger partial charge is 0.463 e. The van der Waals surface area contributed by atoms with Crippen molar-refractivity contribution in [1.29, 1.82) is 0 Å². The highest BCUT2D eigenvalue weighted by Gasteiger charge is 1.98. The molecule has 0 amide bonds. The second-order valence-corrected chi connectivity index (χ2v) is 3.62. The summed E-state index contributed by atoms with van der Waals surface area (Å²) in [5, 5.41) is 0. The minimum Gasteiger partial charge on any atom is -0.463 e. The number of unbranched alkanes of at least 4 members (excludes halogenated alkanes) is 2. The van der Waals surface area contributed by atoms with Gasteiger partial charge in [0.25, 0.3) is 0 Å². The van der Waals surface area contributed by atoms with Crippen LogP contribution >= 0.6 is 0 Å². The van der Waals surface area contributed by atoms with Crippen molar-refractivity contribution in [2.45, 2.75) is 52.9 Å². The van der Waals surface area contributed by atoms with Crippen molar-refractivity contribution in [2.75, 3.05) is 6.61 Å². The molecule has 0 aromatic heterocycles. The van der Waals surface area contributed by atoms with Crippen LogP contribution in [-0.2, 0) is 9.53 Å². The van der Waals surface area contributed by atoms with Crippen LogP contribution in [0.15, 0.2) is 11.6 Å². The van der Waals surface area contributed by atoms with Crippen molar-refractivity contribution in [3.63, 3.8) is 0 Å². The van der Waals surface area contributed by atoms with Crippen molar-refractivity contribution in [1.82, 2.24) is 0 Å². The minimum absolute atomic E-state index is 0.194. The molecule has 0 saturated heterocycles. The first kappa shape index (κ1) is 13.2. The van der Waals surface area contributed by atoms with E-state index in [0.29, 0.717) is 6.61 Å². The Morgan fingerprint density at radius 3 is 2.50 bits per heavy atom. The molecule has 0 aliphatic carbocycles. The van der Waals surface area contributed by atoms with Gasteiger partial charge in [0.05, 0.1) is 6.61 Å². The van der Waals surface area contributed by atoms with Gasteiger partial charge >= 0.3 is 5.97 Å². The maximum absolute atomic E-state index is 11.1. The van der Waals surface area contributed by atoms with Crippen molar-refractivity contribution in [3.05, 3.63) is 11.6 Å². The second kappa shape index (κ2) is 8.79. The molecule has 0 aliphatic heterocycles. The molecular formula is C12H22O2. The summed E-state index contributed by atoms with van der Waals surface area (Å²) < 4.78 is 4.95. The van der Waals surface area contributed by atoms with Crippen molar-refractivity contribution < 1.29 is 9.53 Å². The maximum Gasteiger partial charge on any atom is 0.330 e. The van der Waals surface area contributed by atoms with Gasteiger partial charge in [-0.1, -0.05) is 32.3 Å². The van der Waals surface area contributed by atoms with E-state index in [1.807, 2.05) is 13.8 Å². The van der Waals surface area contributed by atoms with Crippen LogP contribution in [0.4, 0.5) is 0 Å². The smallest absolute Gasteiger partial charge is 0.330 e. The van der Waals surface area contributed by atoms with Crippen LogP contribution in [0.1, 0.15) is 52.9 Å². The fourth-order valence-electron chi connectivity index (χ4n) is 1.17. The topological polar surface area (TPSA) is 26.3 Å². The third kappa shape index (κ3) is 7.84. The quantitative estimate of drug-likeness (QED) is 0.356. The van der Waals surface area contributed by atoms with E-state index in [2.05, 4.69) is 6.92 Å². The Hall–Kier alpha value is -0.790. The van der Waals surface area contributed by atoms with Gasteiger partial charge in [-0.2, -0.15) is 0 Å². The number of esters is 1. The summed E-state index contributed by atoms with van der Waals surface area (Å²) in [5.41, 5.74) is 1.12. The van der Waals surface area contributed by atoms with Crippen LogP contribution in [-0.4, -0.2) is 12.6 Å². The fourth-order valence-corrected chi connectivity index (χ4v) is 1.17. The van der Waals surface area contributed by atoms with Crippen LogP contribution in [0.3, 0.4) is 0 Å². The number of carbonyl (C=O) groups excluding carboxylic acids is 1. The van der Waals surface area contributed by atoms with Gasteiger partial charge in [0.15, 0.2) is 0 Å². The number of carbonyl (C=O) groups is 1. The molecule has 2 nitrogen and oxygen atoms in total. The first-order chi connectivity index (χ1) is 6.70. The van der Waals surface area contributed by atoms with Crippen LogP contribution in [0.5, 0.6) is 0 Å². The van der Waals surface area contributed by atoms with Crippen molar-refractivity contribution >= 4 is 5.97 Å². The second-order valence-electron chi connectivity index (χ2n) is 3.62. The number of hydrogen-bond donors (Lipinski definition) is 0. The van der Waals surface area contributed by atoms with Gasteiger partial charge in [0.1, 0.15) is 0 Å². The lowest BCUT2D eigenvalue weighted by Gasteiger charge is -2.01. The summed E-state index contributed by atoms with van der Waals surface area (Å²) in [4.78, 5) is 11.1. The molecule has 0 saturated carbocycles. The Bertz CT molecular complexity index is 183. The molecule has 0 atom stereocenters. The van der Waals surface area contributed by atoms with Crippen LogP contribution in [0, 0.1) is 0 Å². The van der Waals surface area contributed by atoms with Gasteiger partial charge in [-0.05, 0) is 26.2 Å². The maximum atomic E-state index is 11.1. The zero-order valence-corrected chi connectivity index (χ0v) is 9.64. The van der Waals surface area contributed by atoms with E-state index in [1.54, 1.807) is 6.08 Å². The first-order valence-electron chi connectivity index (χ1n) is 5.54. The molecule has 0 rings (SSSR count). The number of rotatable bonds is 7. The van der Waals surface area contributed by atoms with E-state index in [0.717, 1.165) is 18.4 Å². The molecule has 0 bridgehead atoms. The predicted molar refractivity (Wildman–Crippen MR) is 59.1 cm³/mol. The van der Waals surface area contributed by atoms with E-state index in [4.69, 9.17) is 4.74 Å². The standard InChI is InChI=1S/C12H22O2/c1-4-6-7-8-11(3)10-12(13)14-9-5-2/h10H,4-9H2,1-3H3. The third-order valence-electron chi connectivity index (χ3n) is 1.99. The third-order valence-corrected chi connectivity index (χ3v) is 1.99. The lowest BCUT2D eigenvalue weighted by atomic mass is 10.1. The van der Waals surface area contributed by atoms with E-state index in [-0.39, 0.29) is 5.97 Å².